The highest BCUT2D eigenvalue weighted by atomic mass is 16.5. The molecule has 17 heavy (non-hydrogen) atoms. The molecule has 0 aliphatic rings. The Hall–Kier alpha value is -0.830. The summed E-state index contributed by atoms with van der Waals surface area (Å²) in [5, 5.41) is 0. The molecule has 0 amide bonds. The smallest absolute Gasteiger partial charge is 0.334 e. The van der Waals surface area contributed by atoms with E-state index in [1.807, 2.05) is 13.0 Å². The molecule has 0 aromatic rings. The minimum Gasteiger partial charge on any atom is -0.461 e. The van der Waals surface area contributed by atoms with E-state index in [-0.39, 0.29) is 11.4 Å². The van der Waals surface area contributed by atoms with E-state index >= 15 is 0 Å². The van der Waals surface area contributed by atoms with Crippen molar-refractivity contribution in [2.24, 2.45) is 11.1 Å². The fourth-order valence-corrected chi connectivity index (χ4v) is 2.27. The van der Waals surface area contributed by atoms with Gasteiger partial charge in [-0.2, -0.15) is 0 Å². The fourth-order valence-electron chi connectivity index (χ4n) is 2.27. The highest BCUT2D eigenvalue weighted by molar-refractivity contribution is 5.90. The number of ether oxygens (including phenoxy) is 1. The van der Waals surface area contributed by atoms with E-state index in [9.17, 15) is 4.79 Å². The molecule has 0 aliphatic heterocycles. The first-order chi connectivity index (χ1) is 8.11. The fraction of sp³-hybridized carbons (Fsp3) is 0.786. The summed E-state index contributed by atoms with van der Waals surface area (Å²) < 4.78 is 5.19. The van der Waals surface area contributed by atoms with Gasteiger partial charge in [0, 0.05) is 17.5 Å². The largest absolute Gasteiger partial charge is 0.461 e. The zero-order chi connectivity index (χ0) is 13.3. The van der Waals surface area contributed by atoms with Crippen molar-refractivity contribution in [3.8, 4) is 0 Å². The van der Waals surface area contributed by atoms with Crippen molar-refractivity contribution in [1.29, 1.82) is 0 Å². The molecule has 3 nitrogen and oxygen atoms in total. The third kappa shape index (κ3) is 4.15. The van der Waals surface area contributed by atoms with Crippen LogP contribution in [-0.2, 0) is 9.53 Å². The van der Waals surface area contributed by atoms with Crippen LogP contribution in [-0.4, -0.2) is 19.1 Å². The number of allylic oxidation sites excluding steroid dienone is 1. The molecule has 0 unspecified atom stereocenters. The van der Waals surface area contributed by atoms with Gasteiger partial charge in [-0.3, -0.25) is 0 Å². The topological polar surface area (TPSA) is 52.3 Å². The van der Waals surface area contributed by atoms with E-state index in [0.717, 1.165) is 31.3 Å². The highest BCUT2D eigenvalue weighted by Crippen LogP contribution is 2.39. The van der Waals surface area contributed by atoms with Gasteiger partial charge in [0.25, 0.3) is 0 Å². The molecule has 0 saturated heterocycles. The second-order valence-electron chi connectivity index (χ2n) is 4.29. The average molecular weight is 241 g/mol. The zero-order valence-electron chi connectivity index (χ0n) is 11.7. The Bertz CT molecular complexity index is 247. The standard InChI is InChI=1S/C14H27NO2/c1-5-9-12(13(16)17-11-10-15)14(6-2,7-3)8-4/h9H,5-8,10-11,15H2,1-4H3. The van der Waals surface area contributed by atoms with Gasteiger partial charge in [-0.25, -0.2) is 4.79 Å². The van der Waals surface area contributed by atoms with Gasteiger partial charge in [0.15, 0.2) is 0 Å². The van der Waals surface area contributed by atoms with Crippen LogP contribution in [0.15, 0.2) is 11.6 Å². The van der Waals surface area contributed by atoms with Crippen LogP contribution in [0.4, 0.5) is 0 Å². The van der Waals surface area contributed by atoms with E-state index in [1.165, 1.54) is 0 Å². The lowest BCUT2D eigenvalue weighted by molar-refractivity contribution is -0.140. The monoisotopic (exact) mass is 241 g/mol. The van der Waals surface area contributed by atoms with Crippen molar-refractivity contribution in [1.82, 2.24) is 0 Å². The van der Waals surface area contributed by atoms with Gasteiger partial charge in [-0.15, -0.1) is 0 Å². The van der Waals surface area contributed by atoms with Crippen LogP contribution in [0.25, 0.3) is 0 Å². The second kappa shape index (κ2) is 8.29. The maximum atomic E-state index is 12.1. The van der Waals surface area contributed by atoms with Crippen molar-refractivity contribution >= 4 is 5.97 Å². The molecule has 0 saturated carbocycles. The van der Waals surface area contributed by atoms with Crippen LogP contribution >= 0.6 is 0 Å². The molecule has 0 spiro atoms. The lowest BCUT2D eigenvalue weighted by Gasteiger charge is -2.32. The summed E-state index contributed by atoms with van der Waals surface area (Å²) in [5.41, 5.74) is 6.16. The quantitative estimate of drug-likeness (QED) is 0.525. The summed E-state index contributed by atoms with van der Waals surface area (Å²) in [6.45, 7) is 9.11. The normalized spacial score (nSPS) is 12.6. The molecular weight excluding hydrogens is 214 g/mol. The molecule has 3 heteroatoms. The number of hydrogen-bond donors (Lipinski definition) is 1. The van der Waals surface area contributed by atoms with Crippen LogP contribution in [0.3, 0.4) is 0 Å². The molecule has 100 valence electrons. The first kappa shape index (κ1) is 16.2. The number of esters is 1. The van der Waals surface area contributed by atoms with Crippen LogP contribution in [0.5, 0.6) is 0 Å². The van der Waals surface area contributed by atoms with E-state index in [0.29, 0.717) is 13.2 Å². The predicted molar refractivity (Wildman–Crippen MR) is 71.7 cm³/mol. The summed E-state index contributed by atoms with van der Waals surface area (Å²) >= 11 is 0. The SMILES string of the molecule is CCC=C(C(=O)OCCN)C(CC)(CC)CC. The molecule has 0 rings (SSSR count). The molecule has 0 aromatic carbocycles. The van der Waals surface area contributed by atoms with Crippen LogP contribution in [0.2, 0.25) is 0 Å². The second-order valence-corrected chi connectivity index (χ2v) is 4.29. The Labute approximate surface area is 105 Å². The summed E-state index contributed by atoms with van der Waals surface area (Å²) in [7, 11) is 0. The van der Waals surface area contributed by atoms with Crippen molar-refractivity contribution in [2.75, 3.05) is 13.2 Å². The Kier molecular flexibility index (Phi) is 7.88. The number of rotatable bonds is 8. The van der Waals surface area contributed by atoms with Crippen molar-refractivity contribution in [3.63, 3.8) is 0 Å². The van der Waals surface area contributed by atoms with Gasteiger partial charge in [-0.05, 0) is 25.7 Å². The molecule has 0 atom stereocenters. The Morgan fingerprint density at radius 3 is 2.06 bits per heavy atom. The van der Waals surface area contributed by atoms with Crippen molar-refractivity contribution in [3.05, 3.63) is 11.6 Å². The highest BCUT2D eigenvalue weighted by Gasteiger charge is 2.33. The molecule has 0 aromatic heterocycles. The Balaban J connectivity index is 5.06. The first-order valence-corrected chi connectivity index (χ1v) is 6.69. The maximum Gasteiger partial charge on any atom is 0.334 e. The van der Waals surface area contributed by atoms with Gasteiger partial charge in [0.1, 0.15) is 6.61 Å². The van der Waals surface area contributed by atoms with E-state index in [1.54, 1.807) is 0 Å². The van der Waals surface area contributed by atoms with Gasteiger partial charge in [0.2, 0.25) is 0 Å². The van der Waals surface area contributed by atoms with Gasteiger partial charge >= 0.3 is 5.97 Å². The minimum absolute atomic E-state index is 0.0400. The molecule has 0 fully saturated rings. The van der Waals surface area contributed by atoms with Gasteiger partial charge in [0.05, 0.1) is 0 Å². The zero-order valence-corrected chi connectivity index (χ0v) is 11.7. The average Bonchev–Trinajstić information content (AvgIpc) is 2.37. The molecule has 0 heterocycles. The van der Waals surface area contributed by atoms with E-state index < -0.39 is 0 Å². The third-order valence-corrected chi connectivity index (χ3v) is 3.58. The molecule has 0 aliphatic carbocycles. The number of carbonyl (C=O) groups is 1. The Morgan fingerprint density at radius 1 is 1.18 bits per heavy atom. The number of carbonyl (C=O) groups excluding carboxylic acids is 1. The third-order valence-electron chi connectivity index (χ3n) is 3.58. The summed E-state index contributed by atoms with van der Waals surface area (Å²) in [4.78, 5) is 12.1. The maximum absolute atomic E-state index is 12.1. The van der Waals surface area contributed by atoms with E-state index in [4.69, 9.17) is 10.5 Å². The summed E-state index contributed by atoms with van der Waals surface area (Å²) in [6, 6.07) is 0. The first-order valence-electron chi connectivity index (χ1n) is 6.69. The molecular formula is C14H27NO2. The number of hydrogen-bond acceptors (Lipinski definition) is 3. The lowest BCUT2D eigenvalue weighted by atomic mass is 9.73. The molecule has 2 N–H and O–H groups in total. The molecule has 0 bridgehead atoms. The van der Waals surface area contributed by atoms with Crippen molar-refractivity contribution < 1.29 is 9.53 Å². The minimum atomic E-state index is -0.192. The van der Waals surface area contributed by atoms with Gasteiger partial charge < -0.3 is 10.5 Å². The van der Waals surface area contributed by atoms with Crippen molar-refractivity contribution in [2.45, 2.75) is 53.4 Å². The van der Waals surface area contributed by atoms with Crippen LogP contribution < -0.4 is 5.73 Å². The number of nitrogens with two attached hydrogens (primary N) is 1. The van der Waals surface area contributed by atoms with E-state index in [2.05, 4.69) is 20.8 Å². The summed E-state index contributed by atoms with van der Waals surface area (Å²) in [6.07, 6.45) is 5.75. The van der Waals surface area contributed by atoms with Crippen LogP contribution in [0, 0.1) is 5.41 Å². The van der Waals surface area contributed by atoms with Gasteiger partial charge in [-0.1, -0.05) is 33.8 Å². The van der Waals surface area contributed by atoms with Crippen LogP contribution in [0.1, 0.15) is 53.4 Å². The molecule has 0 radical (unpaired) electrons. The summed E-state index contributed by atoms with van der Waals surface area (Å²) in [5.74, 6) is -0.192. The Morgan fingerprint density at radius 2 is 1.71 bits per heavy atom. The lowest BCUT2D eigenvalue weighted by Crippen LogP contribution is -2.28. The predicted octanol–water partition coefficient (Wildman–Crippen LogP) is 3.04.